The van der Waals surface area contributed by atoms with E-state index in [1.165, 1.54) is 19.3 Å². The lowest BCUT2D eigenvalue weighted by Crippen LogP contribution is -2.50. The van der Waals surface area contributed by atoms with Crippen molar-refractivity contribution >= 4 is 0 Å². The van der Waals surface area contributed by atoms with Crippen LogP contribution in [-0.4, -0.2) is 42.8 Å². The zero-order chi connectivity index (χ0) is 14.6. The van der Waals surface area contributed by atoms with Gasteiger partial charge < -0.3 is 5.32 Å². The van der Waals surface area contributed by atoms with Crippen molar-refractivity contribution < 1.29 is 13.2 Å². The number of halogens is 3. The lowest BCUT2D eigenvalue weighted by molar-refractivity contribution is -0.189. The van der Waals surface area contributed by atoms with E-state index in [1.54, 1.807) is 0 Å². The molecule has 0 amide bonds. The first-order valence-electron chi connectivity index (χ1n) is 8.02. The Bertz CT molecular complexity index is 287. The largest absolute Gasteiger partial charge is 0.393 e. The van der Waals surface area contributed by atoms with Crippen molar-refractivity contribution in [1.29, 1.82) is 0 Å². The highest BCUT2D eigenvalue weighted by atomic mass is 19.4. The fraction of sp³-hybridized carbons (Fsp3) is 1.00. The Morgan fingerprint density at radius 2 is 1.70 bits per heavy atom. The van der Waals surface area contributed by atoms with Crippen molar-refractivity contribution in [2.45, 2.75) is 70.1 Å². The van der Waals surface area contributed by atoms with Crippen molar-refractivity contribution in [2.75, 3.05) is 19.6 Å². The molecule has 2 fully saturated rings. The molecule has 1 N–H and O–H groups in total. The Balaban J connectivity index is 1.81. The van der Waals surface area contributed by atoms with Crippen LogP contribution in [0.25, 0.3) is 0 Å². The molecule has 1 saturated heterocycles. The van der Waals surface area contributed by atoms with Crippen LogP contribution in [0.2, 0.25) is 0 Å². The number of hydrogen-bond acceptors (Lipinski definition) is 2. The van der Waals surface area contributed by atoms with Gasteiger partial charge >= 0.3 is 6.18 Å². The first kappa shape index (κ1) is 16.1. The van der Waals surface area contributed by atoms with E-state index in [2.05, 4.69) is 17.1 Å². The van der Waals surface area contributed by atoms with Gasteiger partial charge in [0.25, 0.3) is 0 Å². The van der Waals surface area contributed by atoms with Crippen LogP contribution in [0.15, 0.2) is 0 Å². The van der Waals surface area contributed by atoms with Crippen LogP contribution >= 0.6 is 0 Å². The molecule has 2 rings (SSSR count). The van der Waals surface area contributed by atoms with E-state index in [4.69, 9.17) is 0 Å². The second kappa shape index (κ2) is 7.12. The molecule has 1 heterocycles. The number of nitrogens with zero attached hydrogens (tertiary/aromatic N) is 1. The molecular weight excluding hydrogens is 265 g/mol. The van der Waals surface area contributed by atoms with Gasteiger partial charge in [0.1, 0.15) is 0 Å². The van der Waals surface area contributed by atoms with Gasteiger partial charge in [0, 0.05) is 18.6 Å². The number of nitrogens with one attached hydrogen (secondary N) is 1. The second-order valence-electron chi connectivity index (χ2n) is 6.39. The predicted octanol–water partition coefficient (Wildman–Crippen LogP) is 3.57. The van der Waals surface area contributed by atoms with Gasteiger partial charge in [-0.05, 0) is 45.7 Å². The van der Waals surface area contributed by atoms with Crippen LogP contribution < -0.4 is 5.32 Å². The SMILES string of the molecule is CC(CNC1CCCCC1C(F)(F)F)N1CCCCC1. The quantitative estimate of drug-likeness (QED) is 0.852. The van der Waals surface area contributed by atoms with E-state index in [0.29, 0.717) is 31.8 Å². The molecule has 0 radical (unpaired) electrons. The molecule has 1 aliphatic carbocycles. The van der Waals surface area contributed by atoms with E-state index in [0.717, 1.165) is 19.5 Å². The highest BCUT2D eigenvalue weighted by Gasteiger charge is 2.45. The van der Waals surface area contributed by atoms with Crippen molar-refractivity contribution in [1.82, 2.24) is 10.2 Å². The number of alkyl halides is 3. The van der Waals surface area contributed by atoms with E-state index in [-0.39, 0.29) is 6.04 Å². The third kappa shape index (κ3) is 4.35. The number of hydrogen-bond donors (Lipinski definition) is 1. The van der Waals surface area contributed by atoms with Crippen LogP contribution in [0.1, 0.15) is 51.9 Å². The summed E-state index contributed by atoms with van der Waals surface area (Å²) in [6.07, 6.45) is 2.27. The third-order valence-corrected chi connectivity index (χ3v) is 4.88. The van der Waals surface area contributed by atoms with Gasteiger partial charge in [0.2, 0.25) is 0 Å². The van der Waals surface area contributed by atoms with Crippen LogP contribution in [-0.2, 0) is 0 Å². The average Bonchev–Trinajstić information content (AvgIpc) is 2.45. The third-order valence-electron chi connectivity index (χ3n) is 4.88. The summed E-state index contributed by atoms with van der Waals surface area (Å²) < 4.78 is 39.1. The Labute approximate surface area is 120 Å². The molecule has 1 saturated carbocycles. The fourth-order valence-corrected chi connectivity index (χ4v) is 3.58. The maximum atomic E-state index is 13.0. The maximum absolute atomic E-state index is 13.0. The molecule has 20 heavy (non-hydrogen) atoms. The van der Waals surface area contributed by atoms with Crippen molar-refractivity contribution in [2.24, 2.45) is 5.92 Å². The summed E-state index contributed by atoms with van der Waals surface area (Å²) in [6.45, 7) is 4.99. The minimum Gasteiger partial charge on any atom is -0.312 e. The lowest BCUT2D eigenvalue weighted by atomic mass is 9.84. The second-order valence-corrected chi connectivity index (χ2v) is 6.39. The molecule has 1 aliphatic heterocycles. The smallest absolute Gasteiger partial charge is 0.312 e. The van der Waals surface area contributed by atoms with Gasteiger partial charge in [-0.15, -0.1) is 0 Å². The van der Waals surface area contributed by atoms with E-state index < -0.39 is 12.1 Å². The Kier molecular flexibility index (Phi) is 5.73. The molecular formula is C15H27F3N2. The fourth-order valence-electron chi connectivity index (χ4n) is 3.58. The van der Waals surface area contributed by atoms with Crippen LogP contribution in [0.4, 0.5) is 13.2 Å². The number of likely N-dealkylation sites (tertiary alicyclic amines) is 1. The molecule has 5 heteroatoms. The van der Waals surface area contributed by atoms with E-state index in [1.807, 2.05) is 0 Å². The monoisotopic (exact) mass is 292 g/mol. The summed E-state index contributed by atoms with van der Waals surface area (Å²) in [6, 6.07) is -0.0397. The molecule has 0 bridgehead atoms. The Morgan fingerprint density at radius 3 is 2.35 bits per heavy atom. The van der Waals surface area contributed by atoms with Crippen LogP contribution in [0, 0.1) is 5.92 Å². The van der Waals surface area contributed by atoms with Gasteiger partial charge in [-0.3, -0.25) is 4.90 Å². The molecule has 0 aromatic carbocycles. The summed E-state index contributed by atoms with van der Waals surface area (Å²) >= 11 is 0. The summed E-state index contributed by atoms with van der Waals surface area (Å²) in [5.41, 5.74) is 0. The van der Waals surface area contributed by atoms with Gasteiger partial charge in [-0.2, -0.15) is 13.2 Å². The molecule has 0 spiro atoms. The Hall–Kier alpha value is -0.290. The number of piperidine rings is 1. The lowest BCUT2D eigenvalue weighted by Gasteiger charge is -2.37. The molecule has 0 aromatic rings. The minimum absolute atomic E-state index is 0.291. The highest BCUT2D eigenvalue weighted by Crippen LogP contribution is 2.37. The Morgan fingerprint density at radius 1 is 1.05 bits per heavy atom. The molecule has 118 valence electrons. The standard InChI is InChI=1S/C15H27F3N2/c1-12(20-9-5-2-6-10-20)11-19-14-8-4-3-7-13(14)15(16,17)18/h12-14,19H,2-11H2,1H3. The summed E-state index contributed by atoms with van der Waals surface area (Å²) in [5.74, 6) is -1.15. The minimum atomic E-state index is -4.05. The van der Waals surface area contributed by atoms with Crippen molar-refractivity contribution in [3.05, 3.63) is 0 Å². The zero-order valence-corrected chi connectivity index (χ0v) is 12.4. The van der Waals surface area contributed by atoms with Gasteiger partial charge in [0.15, 0.2) is 0 Å². The predicted molar refractivity (Wildman–Crippen MR) is 74.7 cm³/mol. The number of rotatable bonds is 4. The topological polar surface area (TPSA) is 15.3 Å². The average molecular weight is 292 g/mol. The van der Waals surface area contributed by atoms with Gasteiger partial charge in [0.05, 0.1) is 5.92 Å². The molecule has 3 atom stereocenters. The van der Waals surface area contributed by atoms with E-state index >= 15 is 0 Å². The van der Waals surface area contributed by atoms with Crippen molar-refractivity contribution in [3.8, 4) is 0 Å². The highest BCUT2D eigenvalue weighted by molar-refractivity contribution is 4.87. The van der Waals surface area contributed by atoms with Crippen LogP contribution in [0.5, 0.6) is 0 Å². The summed E-state index contributed by atoms with van der Waals surface area (Å²) in [4.78, 5) is 2.40. The van der Waals surface area contributed by atoms with Gasteiger partial charge in [-0.1, -0.05) is 19.3 Å². The molecule has 2 aliphatic rings. The molecule has 2 nitrogen and oxygen atoms in total. The zero-order valence-electron chi connectivity index (χ0n) is 12.4. The first-order chi connectivity index (χ1) is 9.48. The van der Waals surface area contributed by atoms with E-state index in [9.17, 15) is 13.2 Å². The van der Waals surface area contributed by atoms with Crippen molar-refractivity contribution in [3.63, 3.8) is 0 Å². The van der Waals surface area contributed by atoms with Crippen LogP contribution in [0.3, 0.4) is 0 Å². The summed E-state index contributed by atoms with van der Waals surface area (Å²) in [5, 5.41) is 3.21. The van der Waals surface area contributed by atoms with Gasteiger partial charge in [-0.25, -0.2) is 0 Å². The summed E-state index contributed by atoms with van der Waals surface area (Å²) in [7, 11) is 0. The first-order valence-corrected chi connectivity index (χ1v) is 8.02. The normalized spacial score (nSPS) is 31.2. The molecule has 0 aromatic heterocycles. The maximum Gasteiger partial charge on any atom is 0.393 e. The molecule has 3 unspecified atom stereocenters.